The van der Waals surface area contributed by atoms with E-state index >= 15 is 0 Å². The Balaban J connectivity index is 1.78. The molecule has 1 heterocycles. The Morgan fingerprint density at radius 1 is 1.00 bits per heavy atom. The molecule has 3 nitrogen and oxygen atoms in total. The van der Waals surface area contributed by atoms with Crippen molar-refractivity contribution < 1.29 is 9.90 Å². The third kappa shape index (κ3) is 2.74. The fraction of sp³-hybridized carbons (Fsp3) is 0.941. The van der Waals surface area contributed by atoms with Crippen LogP contribution in [-0.4, -0.2) is 34.6 Å². The summed E-state index contributed by atoms with van der Waals surface area (Å²) < 4.78 is 0. The van der Waals surface area contributed by atoms with Crippen LogP contribution in [0.25, 0.3) is 0 Å². The molecule has 3 fully saturated rings. The summed E-state index contributed by atoms with van der Waals surface area (Å²) in [5.74, 6) is 0.871. The standard InChI is InChI=1S/C17H29NO2/c1-12-8-9-14(17(19)20)16(11-12)18-10-4-6-13-5-2-3-7-15(13)18/h12-16H,2-11H2,1H3,(H,19,20). The smallest absolute Gasteiger partial charge is 0.308 e. The van der Waals surface area contributed by atoms with Crippen LogP contribution in [0.3, 0.4) is 0 Å². The first-order valence-electron chi connectivity index (χ1n) is 8.65. The lowest BCUT2D eigenvalue weighted by molar-refractivity contribution is -0.148. The zero-order valence-corrected chi connectivity index (χ0v) is 12.8. The Morgan fingerprint density at radius 3 is 2.55 bits per heavy atom. The summed E-state index contributed by atoms with van der Waals surface area (Å²) in [6.45, 7) is 3.44. The molecule has 0 spiro atoms. The number of fused-ring (bicyclic) bond motifs is 1. The molecule has 0 bridgehead atoms. The number of hydrogen-bond donors (Lipinski definition) is 1. The largest absolute Gasteiger partial charge is 0.481 e. The maximum absolute atomic E-state index is 11.6. The van der Waals surface area contributed by atoms with Crippen LogP contribution in [-0.2, 0) is 4.79 Å². The number of nitrogens with zero attached hydrogens (tertiary/aromatic N) is 1. The quantitative estimate of drug-likeness (QED) is 0.840. The van der Waals surface area contributed by atoms with Gasteiger partial charge in [-0.25, -0.2) is 0 Å². The first-order valence-corrected chi connectivity index (χ1v) is 8.65. The average Bonchev–Trinajstić information content (AvgIpc) is 2.46. The SMILES string of the molecule is CC1CCC(C(=O)O)C(N2CCCC3CCCCC32)C1. The molecule has 0 aromatic carbocycles. The molecule has 2 saturated carbocycles. The zero-order chi connectivity index (χ0) is 14.1. The van der Waals surface area contributed by atoms with Crippen LogP contribution in [0.15, 0.2) is 0 Å². The lowest BCUT2D eigenvalue weighted by atomic mass is 9.73. The van der Waals surface area contributed by atoms with Gasteiger partial charge in [0.2, 0.25) is 0 Å². The van der Waals surface area contributed by atoms with Crippen molar-refractivity contribution in [3.63, 3.8) is 0 Å². The molecule has 1 N–H and O–H groups in total. The minimum absolute atomic E-state index is 0.119. The third-order valence-electron chi connectivity index (χ3n) is 6.11. The Hall–Kier alpha value is -0.570. The normalized spacial score (nSPS) is 43.0. The second-order valence-electron chi connectivity index (χ2n) is 7.42. The van der Waals surface area contributed by atoms with Crippen molar-refractivity contribution in [2.45, 2.75) is 76.8 Å². The molecule has 3 heteroatoms. The Labute approximate surface area is 122 Å². The molecule has 0 aromatic heterocycles. The number of likely N-dealkylation sites (tertiary alicyclic amines) is 1. The summed E-state index contributed by atoms with van der Waals surface area (Å²) in [5, 5.41) is 9.59. The number of rotatable bonds is 2. The highest BCUT2D eigenvalue weighted by molar-refractivity contribution is 5.71. The van der Waals surface area contributed by atoms with Crippen molar-refractivity contribution in [2.24, 2.45) is 17.8 Å². The summed E-state index contributed by atoms with van der Waals surface area (Å²) >= 11 is 0. The molecule has 0 radical (unpaired) electrons. The average molecular weight is 279 g/mol. The molecular weight excluding hydrogens is 250 g/mol. The number of piperidine rings is 1. The molecule has 2 aliphatic carbocycles. The zero-order valence-electron chi connectivity index (χ0n) is 12.8. The molecule has 5 atom stereocenters. The summed E-state index contributed by atoms with van der Waals surface area (Å²) in [6.07, 6.45) is 11.1. The van der Waals surface area contributed by atoms with E-state index in [2.05, 4.69) is 11.8 Å². The van der Waals surface area contributed by atoms with Gasteiger partial charge in [-0.1, -0.05) is 19.8 Å². The van der Waals surface area contributed by atoms with E-state index < -0.39 is 5.97 Å². The topological polar surface area (TPSA) is 40.5 Å². The molecule has 0 amide bonds. The van der Waals surface area contributed by atoms with E-state index in [1.54, 1.807) is 0 Å². The van der Waals surface area contributed by atoms with Gasteiger partial charge < -0.3 is 5.11 Å². The summed E-state index contributed by atoms with van der Waals surface area (Å²) in [4.78, 5) is 14.3. The van der Waals surface area contributed by atoms with Crippen LogP contribution in [0.4, 0.5) is 0 Å². The fourth-order valence-electron chi connectivity index (χ4n) is 5.08. The van der Waals surface area contributed by atoms with Crippen LogP contribution in [0.1, 0.15) is 64.7 Å². The molecule has 20 heavy (non-hydrogen) atoms. The molecule has 5 unspecified atom stereocenters. The van der Waals surface area contributed by atoms with Crippen LogP contribution in [0.2, 0.25) is 0 Å². The van der Waals surface area contributed by atoms with Crippen molar-refractivity contribution in [3.05, 3.63) is 0 Å². The molecular formula is C17H29NO2. The van der Waals surface area contributed by atoms with Gasteiger partial charge >= 0.3 is 5.97 Å². The molecule has 114 valence electrons. The van der Waals surface area contributed by atoms with Crippen molar-refractivity contribution in [3.8, 4) is 0 Å². The van der Waals surface area contributed by atoms with E-state index in [9.17, 15) is 9.90 Å². The fourth-order valence-corrected chi connectivity index (χ4v) is 5.08. The van der Waals surface area contributed by atoms with E-state index in [1.807, 2.05) is 0 Å². The molecule has 1 aliphatic heterocycles. The first-order chi connectivity index (χ1) is 9.66. The van der Waals surface area contributed by atoms with Gasteiger partial charge in [0.15, 0.2) is 0 Å². The van der Waals surface area contributed by atoms with Crippen molar-refractivity contribution in [2.75, 3.05) is 6.54 Å². The van der Waals surface area contributed by atoms with E-state index in [4.69, 9.17) is 0 Å². The number of hydrogen-bond acceptors (Lipinski definition) is 2. The van der Waals surface area contributed by atoms with Crippen LogP contribution < -0.4 is 0 Å². The number of carbonyl (C=O) groups is 1. The Morgan fingerprint density at radius 2 is 1.75 bits per heavy atom. The third-order valence-corrected chi connectivity index (χ3v) is 6.11. The first kappa shape index (κ1) is 14.4. The van der Waals surface area contributed by atoms with Crippen molar-refractivity contribution in [1.82, 2.24) is 4.90 Å². The maximum Gasteiger partial charge on any atom is 0.308 e. The van der Waals surface area contributed by atoms with Crippen molar-refractivity contribution in [1.29, 1.82) is 0 Å². The maximum atomic E-state index is 11.6. The predicted octanol–water partition coefficient (Wildman–Crippen LogP) is 3.53. The van der Waals surface area contributed by atoms with Gasteiger partial charge in [-0.15, -0.1) is 0 Å². The van der Waals surface area contributed by atoms with Crippen LogP contribution >= 0.6 is 0 Å². The van der Waals surface area contributed by atoms with Gasteiger partial charge in [0.1, 0.15) is 0 Å². The van der Waals surface area contributed by atoms with Gasteiger partial charge in [-0.2, -0.15) is 0 Å². The second-order valence-corrected chi connectivity index (χ2v) is 7.42. The number of aliphatic carboxylic acids is 1. The molecule has 3 aliphatic rings. The minimum Gasteiger partial charge on any atom is -0.481 e. The lowest BCUT2D eigenvalue weighted by Gasteiger charge is -2.50. The second kappa shape index (κ2) is 6.05. The molecule has 0 aromatic rings. The molecule has 1 saturated heterocycles. The van der Waals surface area contributed by atoms with E-state index in [1.165, 1.54) is 38.5 Å². The number of carboxylic acids is 1. The van der Waals surface area contributed by atoms with E-state index in [0.29, 0.717) is 18.0 Å². The highest BCUT2D eigenvalue weighted by Gasteiger charge is 2.43. The summed E-state index contributed by atoms with van der Waals surface area (Å²) in [6, 6.07) is 0.997. The van der Waals surface area contributed by atoms with E-state index in [-0.39, 0.29) is 5.92 Å². The highest BCUT2D eigenvalue weighted by atomic mass is 16.4. The van der Waals surface area contributed by atoms with Gasteiger partial charge in [0.05, 0.1) is 5.92 Å². The van der Waals surface area contributed by atoms with Gasteiger partial charge in [-0.3, -0.25) is 9.69 Å². The van der Waals surface area contributed by atoms with Gasteiger partial charge in [0, 0.05) is 12.1 Å². The predicted molar refractivity (Wildman–Crippen MR) is 79.6 cm³/mol. The van der Waals surface area contributed by atoms with Crippen LogP contribution in [0.5, 0.6) is 0 Å². The van der Waals surface area contributed by atoms with Crippen molar-refractivity contribution >= 4 is 5.97 Å². The Kier molecular flexibility index (Phi) is 4.34. The minimum atomic E-state index is -0.556. The highest BCUT2D eigenvalue weighted by Crippen LogP contribution is 2.41. The Bertz CT molecular complexity index is 355. The summed E-state index contributed by atoms with van der Waals surface area (Å²) in [7, 11) is 0. The molecule has 3 rings (SSSR count). The van der Waals surface area contributed by atoms with E-state index in [0.717, 1.165) is 31.7 Å². The number of carboxylic acid groups (broad SMARTS) is 1. The summed E-state index contributed by atoms with van der Waals surface area (Å²) in [5.41, 5.74) is 0. The monoisotopic (exact) mass is 279 g/mol. The van der Waals surface area contributed by atoms with Crippen LogP contribution in [0, 0.1) is 17.8 Å². The van der Waals surface area contributed by atoms with Gasteiger partial charge in [0.25, 0.3) is 0 Å². The lowest BCUT2D eigenvalue weighted by Crippen LogP contribution is -2.56. The van der Waals surface area contributed by atoms with Gasteiger partial charge in [-0.05, 0) is 63.3 Å².